The lowest BCUT2D eigenvalue weighted by Gasteiger charge is -2.29. The van der Waals surface area contributed by atoms with Gasteiger partial charge in [-0.1, -0.05) is 20.3 Å². The summed E-state index contributed by atoms with van der Waals surface area (Å²) in [4.78, 5) is 16.5. The maximum Gasteiger partial charge on any atom is 0.255 e. The molecule has 5 heteroatoms. The summed E-state index contributed by atoms with van der Waals surface area (Å²) in [5.74, 6) is 0.447. The molecule has 0 bridgehead atoms. The zero-order valence-electron chi connectivity index (χ0n) is 13.6. The van der Waals surface area contributed by atoms with E-state index in [0.29, 0.717) is 11.4 Å². The predicted octanol–water partition coefficient (Wildman–Crippen LogP) is 2.43. The molecule has 0 aliphatic heterocycles. The van der Waals surface area contributed by atoms with Crippen LogP contribution in [-0.4, -0.2) is 34.2 Å². The van der Waals surface area contributed by atoms with Gasteiger partial charge in [0, 0.05) is 18.8 Å². The lowest BCUT2D eigenvalue weighted by Crippen LogP contribution is -2.45. The minimum absolute atomic E-state index is 0.111. The van der Waals surface area contributed by atoms with Gasteiger partial charge in [0.15, 0.2) is 0 Å². The zero-order valence-corrected chi connectivity index (χ0v) is 13.6. The second-order valence-corrected chi connectivity index (χ2v) is 6.05. The minimum atomic E-state index is -0.918. The summed E-state index contributed by atoms with van der Waals surface area (Å²) in [6.45, 7) is 9.94. The van der Waals surface area contributed by atoms with Gasteiger partial charge in [0.1, 0.15) is 5.82 Å². The zero-order chi connectivity index (χ0) is 16.0. The number of aliphatic hydroxyl groups is 1. The van der Waals surface area contributed by atoms with E-state index in [0.717, 1.165) is 6.42 Å². The highest BCUT2D eigenvalue weighted by atomic mass is 16.3. The van der Waals surface area contributed by atoms with Crippen molar-refractivity contribution in [2.45, 2.75) is 52.7 Å². The molecule has 118 valence electrons. The van der Waals surface area contributed by atoms with Crippen LogP contribution in [0.1, 0.15) is 51.4 Å². The molecule has 1 aromatic heterocycles. The Morgan fingerprint density at radius 2 is 2.10 bits per heavy atom. The van der Waals surface area contributed by atoms with Crippen LogP contribution in [0.5, 0.6) is 0 Å². The fourth-order valence-corrected chi connectivity index (χ4v) is 1.95. The molecular formula is C16H27N3O2. The third kappa shape index (κ3) is 5.01. The maximum atomic E-state index is 12.3. The summed E-state index contributed by atoms with van der Waals surface area (Å²) < 4.78 is 0. The summed E-state index contributed by atoms with van der Waals surface area (Å²) in [5, 5.41) is 16.3. The minimum Gasteiger partial charge on any atom is -0.388 e. The average molecular weight is 293 g/mol. The molecule has 2 atom stereocenters. The fraction of sp³-hybridized carbons (Fsp3) is 0.625. The first-order valence-corrected chi connectivity index (χ1v) is 7.50. The second-order valence-electron chi connectivity index (χ2n) is 6.05. The Hall–Kier alpha value is -1.62. The largest absolute Gasteiger partial charge is 0.388 e. The maximum absolute atomic E-state index is 12.3. The molecule has 1 aromatic rings. The molecule has 21 heavy (non-hydrogen) atoms. The number of pyridine rings is 1. The van der Waals surface area contributed by atoms with Crippen molar-refractivity contribution < 1.29 is 9.90 Å². The lowest BCUT2D eigenvalue weighted by atomic mass is 9.88. The standard InChI is InChI=1S/C16H27N3O2/c1-6-12(4)16(5,21)10-18-15(20)13-8-7-9-17-14(13)19-11(2)3/h7-9,11-12,21H,6,10H2,1-5H3,(H,17,19)(H,18,20). The first-order chi connectivity index (χ1) is 9.77. The predicted molar refractivity (Wildman–Crippen MR) is 85.4 cm³/mol. The Morgan fingerprint density at radius 1 is 1.43 bits per heavy atom. The molecule has 3 N–H and O–H groups in total. The van der Waals surface area contributed by atoms with Crippen molar-refractivity contribution in [1.29, 1.82) is 0 Å². The van der Waals surface area contributed by atoms with Crippen LogP contribution < -0.4 is 10.6 Å². The highest BCUT2D eigenvalue weighted by Gasteiger charge is 2.28. The van der Waals surface area contributed by atoms with Gasteiger partial charge in [0.05, 0.1) is 11.2 Å². The summed E-state index contributed by atoms with van der Waals surface area (Å²) in [5.41, 5.74) is -0.427. The molecule has 0 saturated heterocycles. The normalized spacial score (nSPS) is 15.4. The van der Waals surface area contributed by atoms with E-state index in [2.05, 4.69) is 15.6 Å². The summed E-state index contributed by atoms with van der Waals surface area (Å²) in [6, 6.07) is 3.65. The van der Waals surface area contributed by atoms with E-state index in [1.54, 1.807) is 25.3 Å². The number of nitrogens with one attached hydrogen (secondary N) is 2. The molecule has 0 fully saturated rings. The summed E-state index contributed by atoms with van der Waals surface area (Å²) >= 11 is 0. The van der Waals surface area contributed by atoms with Crippen LogP contribution in [0.3, 0.4) is 0 Å². The Morgan fingerprint density at radius 3 is 2.67 bits per heavy atom. The molecule has 1 amide bonds. The van der Waals surface area contributed by atoms with Gasteiger partial charge in [-0.2, -0.15) is 0 Å². The van der Waals surface area contributed by atoms with E-state index in [4.69, 9.17) is 0 Å². The van der Waals surface area contributed by atoms with Crippen LogP contribution in [0.25, 0.3) is 0 Å². The smallest absolute Gasteiger partial charge is 0.255 e. The Bertz CT molecular complexity index is 472. The molecule has 5 nitrogen and oxygen atoms in total. The number of aromatic nitrogens is 1. The van der Waals surface area contributed by atoms with Gasteiger partial charge < -0.3 is 15.7 Å². The van der Waals surface area contributed by atoms with Crippen molar-refractivity contribution >= 4 is 11.7 Å². The van der Waals surface area contributed by atoms with Crippen LogP contribution >= 0.6 is 0 Å². The van der Waals surface area contributed by atoms with Gasteiger partial charge in [0.25, 0.3) is 5.91 Å². The van der Waals surface area contributed by atoms with Gasteiger partial charge in [-0.15, -0.1) is 0 Å². The summed E-state index contributed by atoms with van der Waals surface area (Å²) in [7, 11) is 0. The topological polar surface area (TPSA) is 74.2 Å². The molecule has 0 radical (unpaired) electrons. The number of nitrogens with zero attached hydrogens (tertiary/aromatic N) is 1. The summed E-state index contributed by atoms with van der Waals surface area (Å²) in [6.07, 6.45) is 2.51. The van der Waals surface area contributed by atoms with E-state index in [1.807, 2.05) is 27.7 Å². The van der Waals surface area contributed by atoms with Gasteiger partial charge in [-0.3, -0.25) is 4.79 Å². The molecule has 1 heterocycles. The molecule has 0 saturated carbocycles. The van der Waals surface area contributed by atoms with Crippen molar-refractivity contribution in [2.75, 3.05) is 11.9 Å². The second kappa shape index (κ2) is 7.41. The van der Waals surface area contributed by atoms with E-state index >= 15 is 0 Å². The lowest BCUT2D eigenvalue weighted by molar-refractivity contribution is 0.00593. The highest BCUT2D eigenvalue weighted by molar-refractivity contribution is 5.98. The Labute approximate surface area is 127 Å². The third-order valence-electron chi connectivity index (χ3n) is 3.76. The number of hydrogen-bond donors (Lipinski definition) is 3. The first kappa shape index (κ1) is 17.4. The van der Waals surface area contributed by atoms with Crippen LogP contribution in [0.15, 0.2) is 18.3 Å². The van der Waals surface area contributed by atoms with Gasteiger partial charge >= 0.3 is 0 Å². The van der Waals surface area contributed by atoms with Crippen LogP contribution in [0.4, 0.5) is 5.82 Å². The third-order valence-corrected chi connectivity index (χ3v) is 3.76. The van der Waals surface area contributed by atoms with E-state index in [-0.39, 0.29) is 24.4 Å². The molecule has 0 aliphatic carbocycles. The Balaban J connectivity index is 2.77. The van der Waals surface area contributed by atoms with Crippen molar-refractivity contribution in [1.82, 2.24) is 10.3 Å². The van der Waals surface area contributed by atoms with Crippen molar-refractivity contribution in [3.63, 3.8) is 0 Å². The number of carbonyl (C=O) groups is 1. The van der Waals surface area contributed by atoms with Gasteiger partial charge in [0.2, 0.25) is 0 Å². The molecule has 0 aromatic carbocycles. The molecule has 2 unspecified atom stereocenters. The average Bonchev–Trinajstić information content (AvgIpc) is 2.43. The molecule has 0 spiro atoms. The molecule has 1 rings (SSSR count). The van der Waals surface area contributed by atoms with E-state index < -0.39 is 5.60 Å². The SMILES string of the molecule is CCC(C)C(C)(O)CNC(=O)c1cccnc1NC(C)C. The van der Waals surface area contributed by atoms with E-state index in [1.165, 1.54) is 0 Å². The van der Waals surface area contributed by atoms with Crippen LogP contribution in [0.2, 0.25) is 0 Å². The monoisotopic (exact) mass is 293 g/mol. The number of anilines is 1. The molecular weight excluding hydrogens is 266 g/mol. The van der Waals surface area contributed by atoms with Crippen molar-refractivity contribution in [2.24, 2.45) is 5.92 Å². The highest BCUT2D eigenvalue weighted by Crippen LogP contribution is 2.19. The number of amides is 1. The van der Waals surface area contributed by atoms with E-state index in [9.17, 15) is 9.90 Å². The fourth-order valence-electron chi connectivity index (χ4n) is 1.95. The van der Waals surface area contributed by atoms with Gasteiger partial charge in [-0.05, 0) is 38.8 Å². The number of hydrogen-bond acceptors (Lipinski definition) is 4. The van der Waals surface area contributed by atoms with Crippen LogP contribution in [-0.2, 0) is 0 Å². The Kier molecular flexibility index (Phi) is 6.15. The van der Waals surface area contributed by atoms with Crippen molar-refractivity contribution in [3.8, 4) is 0 Å². The van der Waals surface area contributed by atoms with Gasteiger partial charge in [-0.25, -0.2) is 4.98 Å². The quantitative estimate of drug-likeness (QED) is 0.722. The first-order valence-electron chi connectivity index (χ1n) is 7.50. The van der Waals surface area contributed by atoms with Crippen LogP contribution in [0, 0.1) is 5.92 Å². The molecule has 0 aliphatic rings. The number of rotatable bonds is 7. The number of carbonyl (C=O) groups excluding carboxylic acids is 1. The van der Waals surface area contributed by atoms with Crippen molar-refractivity contribution in [3.05, 3.63) is 23.9 Å².